The number of nitrogens with zero attached hydrogens (tertiary/aromatic N) is 3. The van der Waals surface area contributed by atoms with Crippen LogP contribution in [0.5, 0.6) is 0 Å². The molecule has 1 amide bonds. The first-order chi connectivity index (χ1) is 13.1. The number of benzene rings is 1. The number of hydrogen-bond acceptors (Lipinski definition) is 5. The van der Waals surface area contributed by atoms with E-state index in [1.165, 1.54) is 16.6 Å². The molecule has 0 radical (unpaired) electrons. The largest absolute Gasteiger partial charge is 0.325 e. The smallest absolute Gasteiger partial charge is 0.237 e. The maximum Gasteiger partial charge on any atom is 0.237 e. The molecule has 0 unspecified atom stereocenters. The molecule has 1 saturated carbocycles. The summed E-state index contributed by atoms with van der Waals surface area (Å²) in [5.41, 5.74) is 0.735. The van der Waals surface area contributed by atoms with Crippen molar-refractivity contribution in [2.45, 2.75) is 42.6 Å². The summed E-state index contributed by atoms with van der Waals surface area (Å²) in [4.78, 5) is 13.8. The molecule has 8 heteroatoms. The number of carbonyl (C=O) groups excluding carboxylic acids is 1. The van der Waals surface area contributed by atoms with Crippen LogP contribution in [0.1, 0.15) is 36.5 Å². The lowest BCUT2D eigenvalue weighted by atomic mass is 10.3. The molecule has 0 spiro atoms. The summed E-state index contributed by atoms with van der Waals surface area (Å²) in [5, 5.41) is 15.0. The standard InChI is InChI=1S/C19H19ClN4OS2/c1-12(18(25)21-14-6-4-13(20)5-7-14)27-19-23-22-17(24(19)15-8-9-15)11-16-3-2-10-26-16/h2-7,10,12,15H,8-9,11H2,1H3,(H,21,25)/t12-/m1/s1. The van der Waals surface area contributed by atoms with Crippen LogP contribution < -0.4 is 5.32 Å². The van der Waals surface area contributed by atoms with E-state index in [0.717, 1.165) is 35.9 Å². The second-order valence-electron chi connectivity index (χ2n) is 6.51. The van der Waals surface area contributed by atoms with Gasteiger partial charge in [0, 0.05) is 28.0 Å². The van der Waals surface area contributed by atoms with Crippen molar-refractivity contribution >= 4 is 46.3 Å². The van der Waals surface area contributed by atoms with Gasteiger partial charge in [0.2, 0.25) is 5.91 Å². The number of thioether (sulfide) groups is 1. The molecular weight excluding hydrogens is 400 g/mol. The summed E-state index contributed by atoms with van der Waals surface area (Å²) >= 11 is 9.07. The van der Waals surface area contributed by atoms with Crippen LogP contribution in [0.3, 0.4) is 0 Å². The van der Waals surface area contributed by atoms with Crippen molar-refractivity contribution in [2.75, 3.05) is 5.32 Å². The minimum absolute atomic E-state index is 0.0625. The Morgan fingerprint density at radius 3 is 2.78 bits per heavy atom. The van der Waals surface area contributed by atoms with Crippen molar-refractivity contribution in [3.63, 3.8) is 0 Å². The Bertz CT molecular complexity index is 920. The molecule has 2 aromatic heterocycles. The minimum atomic E-state index is -0.281. The van der Waals surface area contributed by atoms with E-state index in [1.54, 1.807) is 35.6 Å². The van der Waals surface area contributed by atoms with Crippen molar-refractivity contribution in [3.8, 4) is 0 Å². The van der Waals surface area contributed by atoms with E-state index in [0.29, 0.717) is 11.1 Å². The normalized spacial score (nSPS) is 14.9. The first-order valence-corrected chi connectivity index (χ1v) is 10.9. The molecule has 1 fully saturated rings. The molecule has 1 atom stereocenters. The number of carbonyl (C=O) groups is 1. The molecule has 1 N–H and O–H groups in total. The van der Waals surface area contributed by atoms with Gasteiger partial charge in [-0.05, 0) is 55.5 Å². The maximum atomic E-state index is 12.5. The van der Waals surface area contributed by atoms with Crippen LogP contribution in [0.25, 0.3) is 0 Å². The van der Waals surface area contributed by atoms with E-state index in [-0.39, 0.29) is 11.2 Å². The zero-order chi connectivity index (χ0) is 18.8. The fraction of sp³-hybridized carbons (Fsp3) is 0.316. The van der Waals surface area contributed by atoms with Crippen LogP contribution in [-0.4, -0.2) is 25.9 Å². The predicted molar refractivity (Wildman–Crippen MR) is 111 cm³/mol. The first kappa shape index (κ1) is 18.5. The van der Waals surface area contributed by atoms with Crippen molar-refractivity contribution in [1.29, 1.82) is 0 Å². The van der Waals surface area contributed by atoms with E-state index in [9.17, 15) is 4.79 Å². The van der Waals surface area contributed by atoms with Crippen LogP contribution in [0.4, 0.5) is 5.69 Å². The Balaban J connectivity index is 1.46. The van der Waals surface area contributed by atoms with E-state index in [4.69, 9.17) is 11.6 Å². The Hall–Kier alpha value is -1.83. The highest BCUT2D eigenvalue weighted by molar-refractivity contribution is 8.00. The molecule has 3 aromatic rings. The lowest BCUT2D eigenvalue weighted by Gasteiger charge is -2.13. The Kier molecular flexibility index (Phi) is 5.52. The zero-order valence-electron chi connectivity index (χ0n) is 14.8. The lowest BCUT2D eigenvalue weighted by molar-refractivity contribution is -0.115. The SMILES string of the molecule is C[C@@H](Sc1nnc(Cc2cccs2)n1C1CC1)C(=O)Nc1ccc(Cl)cc1. The average molecular weight is 419 g/mol. The Morgan fingerprint density at radius 2 is 2.11 bits per heavy atom. The molecule has 140 valence electrons. The highest BCUT2D eigenvalue weighted by atomic mass is 35.5. The van der Waals surface area contributed by atoms with E-state index >= 15 is 0 Å². The van der Waals surface area contributed by atoms with E-state index < -0.39 is 0 Å². The fourth-order valence-corrected chi connectivity index (χ4v) is 4.53. The molecule has 1 aromatic carbocycles. The second kappa shape index (κ2) is 8.04. The van der Waals surface area contributed by atoms with E-state index in [2.05, 4.69) is 37.6 Å². The van der Waals surface area contributed by atoms with Gasteiger partial charge in [0.25, 0.3) is 0 Å². The number of halogens is 1. The number of nitrogens with one attached hydrogen (secondary N) is 1. The third-order valence-corrected chi connectivity index (χ3v) is 6.51. The monoisotopic (exact) mass is 418 g/mol. The van der Waals surface area contributed by atoms with Crippen LogP contribution in [0.15, 0.2) is 46.9 Å². The first-order valence-electron chi connectivity index (χ1n) is 8.79. The van der Waals surface area contributed by atoms with Gasteiger partial charge in [-0.3, -0.25) is 4.79 Å². The van der Waals surface area contributed by atoms with Crippen molar-refractivity contribution in [3.05, 3.63) is 57.5 Å². The Labute approximate surface area is 171 Å². The third-order valence-electron chi connectivity index (χ3n) is 4.32. The molecule has 0 bridgehead atoms. The highest BCUT2D eigenvalue weighted by Crippen LogP contribution is 2.40. The minimum Gasteiger partial charge on any atom is -0.325 e. The van der Waals surface area contributed by atoms with Crippen LogP contribution in [0, 0.1) is 0 Å². The summed E-state index contributed by atoms with van der Waals surface area (Å²) in [6.07, 6.45) is 3.08. The molecular formula is C19H19ClN4OS2. The van der Waals surface area contributed by atoms with Crippen LogP contribution in [0.2, 0.25) is 5.02 Å². The predicted octanol–water partition coefficient (Wildman–Crippen LogP) is 5.04. The molecule has 0 saturated heterocycles. The molecule has 1 aliphatic rings. The molecule has 1 aliphatic carbocycles. The number of amides is 1. The van der Waals surface area contributed by atoms with Crippen LogP contribution >= 0.6 is 34.7 Å². The Morgan fingerprint density at radius 1 is 1.33 bits per heavy atom. The summed E-state index contributed by atoms with van der Waals surface area (Å²) in [5.74, 6) is 0.917. The molecule has 5 nitrogen and oxygen atoms in total. The van der Waals surface area contributed by atoms with Gasteiger partial charge in [0.1, 0.15) is 5.82 Å². The highest BCUT2D eigenvalue weighted by Gasteiger charge is 2.31. The average Bonchev–Trinajstić information content (AvgIpc) is 3.21. The topological polar surface area (TPSA) is 59.8 Å². The summed E-state index contributed by atoms with van der Waals surface area (Å²) in [6.45, 7) is 1.89. The quantitative estimate of drug-likeness (QED) is 0.546. The summed E-state index contributed by atoms with van der Waals surface area (Å²) in [6, 6.07) is 11.7. The van der Waals surface area contributed by atoms with Gasteiger partial charge in [-0.2, -0.15) is 0 Å². The number of thiophene rings is 1. The van der Waals surface area contributed by atoms with Crippen molar-refractivity contribution < 1.29 is 4.79 Å². The van der Waals surface area contributed by atoms with Crippen molar-refractivity contribution in [1.82, 2.24) is 14.8 Å². The molecule has 27 heavy (non-hydrogen) atoms. The second-order valence-corrected chi connectivity index (χ2v) is 9.29. The molecule has 4 rings (SSSR count). The molecule has 2 heterocycles. The maximum absolute atomic E-state index is 12.5. The number of hydrogen-bond donors (Lipinski definition) is 1. The number of aromatic nitrogens is 3. The van der Waals surface area contributed by atoms with Gasteiger partial charge in [-0.25, -0.2) is 0 Å². The summed E-state index contributed by atoms with van der Waals surface area (Å²) < 4.78 is 2.22. The lowest BCUT2D eigenvalue weighted by Crippen LogP contribution is -2.23. The van der Waals surface area contributed by atoms with Crippen LogP contribution in [-0.2, 0) is 11.2 Å². The number of rotatable bonds is 7. The van der Waals surface area contributed by atoms with Gasteiger partial charge < -0.3 is 9.88 Å². The van der Waals surface area contributed by atoms with Gasteiger partial charge in [-0.1, -0.05) is 29.4 Å². The van der Waals surface area contributed by atoms with E-state index in [1.807, 2.05) is 6.92 Å². The van der Waals surface area contributed by atoms with Crippen molar-refractivity contribution in [2.24, 2.45) is 0 Å². The summed E-state index contributed by atoms with van der Waals surface area (Å²) in [7, 11) is 0. The van der Waals surface area contributed by atoms with Gasteiger partial charge in [-0.15, -0.1) is 21.5 Å². The number of anilines is 1. The molecule has 0 aliphatic heterocycles. The third kappa shape index (κ3) is 4.54. The van der Waals surface area contributed by atoms with Gasteiger partial charge in [0.05, 0.1) is 5.25 Å². The van der Waals surface area contributed by atoms with Gasteiger partial charge in [0.15, 0.2) is 5.16 Å². The zero-order valence-corrected chi connectivity index (χ0v) is 17.2. The van der Waals surface area contributed by atoms with Gasteiger partial charge >= 0.3 is 0 Å². The fourth-order valence-electron chi connectivity index (χ4n) is 2.77.